The fourth-order valence-electron chi connectivity index (χ4n) is 6.60. The number of carbonyl (C=O) groups is 3. The van der Waals surface area contributed by atoms with Crippen LogP contribution in [0.15, 0.2) is 23.8 Å². The van der Waals surface area contributed by atoms with Crippen LogP contribution < -0.4 is 0 Å². The van der Waals surface area contributed by atoms with Gasteiger partial charge in [0.1, 0.15) is 11.6 Å². The molecule has 0 saturated heterocycles. The number of hydrogen-bond acceptors (Lipinski definition) is 3. The van der Waals surface area contributed by atoms with Crippen molar-refractivity contribution in [1.82, 2.24) is 0 Å². The van der Waals surface area contributed by atoms with Crippen molar-refractivity contribution in [2.45, 2.75) is 52.9 Å². The van der Waals surface area contributed by atoms with E-state index in [9.17, 15) is 14.4 Å². The van der Waals surface area contributed by atoms with Crippen LogP contribution in [-0.2, 0) is 14.4 Å². The van der Waals surface area contributed by atoms with Gasteiger partial charge in [-0.1, -0.05) is 25.5 Å². The zero-order valence-corrected chi connectivity index (χ0v) is 14.8. The summed E-state index contributed by atoms with van der Waals surface area (Å²) in [7, 11) is 0. The van der Waals surface area contributed by atoms with Crippen LogP contribution in [0.25, 0.3) is 0 Å². The van der Waals surface area contributed by atoms with Crippen molar-refractivity contribution in [2.24, 2.45) is 34.5 Å². The highest BCUT2D eigenvalue weighted by Crippen LogP contribution is 2.65. The third-order valence-electron chi connectivity index (χ3n) is 7.81. The maximum Gasteiger partial charge on any atom is 0.178 e. The fraction of sp³-hybridized carbons (Fsp3) is 0.667. The Labute approximate surface area is 143 Å². The Bertz CT molecular complexity index is 700. The van der Waals surface area contributed by atoms with E-state index in [0.717, 1.165) is 25.7 Å². The molecule has 0 aromatic carbocycles. The molecule has 3 heteroatoms. The Kier molecular flexibility index (Phi) is 3.33. The Morgan fingerprint density at radius 1 is 1.21 bits per heavy atom. The lowest BCUT2D eigenvalue weighted by Crippen LogP contribution is -2.51. The molecule has 0 radical (unpaired) electrons. The maximum atomic E-state index is 12.9. The highest BCUT2D eigenvalue weighted by molar-refractivity contribution is 6.01. The van der Waals surface area contributed by atoms with Crippen molar-refractivity contribution < 1.29 is 14.4 Å². The molecular weight excluding hydrogens is 300 g/mol. The molecule has 0 amide bonds. The van der Waals surface area contributed by atoms with E-state index in [1.807, 2.05) is 6.08 Å². The molecular formula is C21H26O3. The van der Waals surface area contributed by atoms with Gasteiger partial charge < -0.3 is 0 Å². The van der Waals surface area contributed by atoms with E-state index in [2.05, 4.69) is 19.9 Å². The van der Waals surface area contributed by atoms with Gasteiger partial charge in [-0.15, -0.1) is 0 Å². The number of ketones is 3. The molecule has 4 aliphatic rings. The van der Waals surface area contributed by atoms with E-state index in [1.54, 1.807) is 13.0 Å². The molecule has 128 valence electrons. The highest BCUT2D eigenvalue weighted by Gasteiger charge is 2.62. The quantitative estimate of drug-likeness (QED) is 0.738. The number of Topliss-reactive ketones (excluding diaryl/α,β-unsaturated/α-hetero) is 2. The van der Waals surface area contributed by atoms with Gasteiger partial charge in [-0.2, -0.15) is 0 Å². The summed E-state index contributed by atoms with van der Waals surface area (Å²) in [4.78, 5) is 36.8. The predicted molar refractivity (Wildman–Crippen MR) is 91.2 cm³/mol. The smallest absolute Gasteiger partial charge is 0.178 e. The molecule has 0 bridgehead atoms. The van der Waals surface area contributed by atoms with E-state index < -0.39 is 0 Å². The molecule has 0 aromatic rings. The first-order valence-electron chi connectivity index (χ1n) is 9.25. The van der Waals surface area contributed by atoms with E-state index in [-0.39, 0.29) is 34.2 Å². The largest absolute Gasteiger partial charge is 0.300 e. The average Bonchev–Trinajstić information content (AvgIpc) is 2.80. The fourth-order valence-corrected chi connectivity index (χ4v) is 6.60. The van der Waals surface area contributed by atoms with Crippen LogP contribution in [0.3, 0.4) is 0 Å². The first-order valence-corrected chi connectivity index (χ1v) is 9.25. The molecule has 0 spiro atoms. The van der Waals surface area contributed by atoms with Crippen LogP contribution in [0.2, 0.25) is 0 Å². The second kappa shape index (κ2) is 5.00. The van der Waals surface area contributed by atoms with Gasteiger partial charge in [-0.3, -0.25) is 14.4 Å². The number of fused-ring (bicyclic) bond motifs is 5. The molecule has 3 fully saturated rings. The number of allylic oxidation sites excluding steroid dienone is 4. The standard InChI is InChI=1S/C21H26O3/c1-12(22)17-11-18(24)19-15-5-4-13-10-14(23)6-8-20(13,2)16(15)7-9-21(17,19)3/h6,8,10,15-17,19H,4-5,7,9,11H2,1-3H3. The van der Waals surface area contributed by atoms with Gasteiger partial charge in [0, 0.05) is 23.7 Å². The minimum atomic E-state index is -0.157. The summed E-state index contributed by atoms with van der Waals surface area (Å²) >= 11 is 0. The lowest BCUT2D eigenvalue weighted by Gasteiger charge is -2.56. The first kappa shape index (κ1) is 16.0. The maximum absolute atomic E-state index is 12.9. The molecule has 0 heterocycles. The van der Waals surface area contributed by atoms with Crippen LogP contribution in [0, 0.1) is 34.5 Å². The normalized spacial score (nSPS) is 46.9. The van der Waals surface area contributed by atoms with Crippen LogP contribution >= 0.6 is 0 Å². The molecule has 0 aliphatic heterocycles. The van der Waals surface area contributed by atoms with Crippen molar-refractivity contribution in [3.8, 4) is 0 Å². The third-order valence-corrected chi connectivity index (χ3v) is 7.81. The van der Waals surface area contributed by atoms with Gasteiger partial charge in [0.15, 0.2) is 5.78 Å². The second-order valence-electron chi connectivity index (χ2n) is 8.85. The van der Waals surface area contributed by atoms with Gasteiger partial charge in [-0.05, 0) is 62.0 Å². The second-order valence-corrected chi connectivity index (χ2v) is 8.85. The Morgan fingerprint density at radius 2 is 1.96 bits per heavy atom. The molecule has 4 rings (SSSR count). The van der Waals surface area contributed by atoms with Crippen LogP contribution in [-0.4, -0.2) is 17.3 Å². The summed E-state index contributed by atoms with van der Waals surface area (Å²) in [6, 6.07) is 0. The monoisotopic (exact) mass is 326 g/mol. The first-order chi connectivity index (χ1) is 11.3. The van der Waals surface area contributed by atoms with Gasteiger partial charge >= 0.3 is 0 Å². The van der Waals surface area contributed by atoms with Crippen molar-refractivity contribution in [3.63, 3.8) is 0 Å². The third kappa shape index (κ3) is 1.93. The van der Waals surface area contributed by atoms with Gasteiger partial charge in [0.05, 0.1) is 0 Å². The van der Waals surface area contributed by atoms with Crippen molar-refractivity contribution in [3.05, 3.63) is 23.8 Å². The van der Waals surface area contributed by atoms with E-state index in [1.165, 1.54) is 5.57 Å². The Balaban J connectivity index is 1.73. The van der Waals surface area contributed by atoms with E-state index >= 15 is 0 Å². The lowest BCUT2D eigenvalue weighted by atomic mass is 9.47. The van der Waals surface area contributed by atoms with E-state index in [0.29, 0.717) is 24.0 Å². The van der Waals surface area contributed by atoms with Crippen molar-refractivity contribution >= 4 is 17.3 Å². The van der Waals surface area contributed by atoms with Crippen LogP contribution in [0.1, 0.15) is 52.9 Å². The number of hydrogen-bond donors (Lipinski definition) is 0. The summed E-state index contributed by atoms with van der Waals surface area (Å²) in [5, 5.41) is 0. The molecule has 3 saturated carbocycles. The topological polar surface area (TPSA) is 51.2 Å². The summed E-state index contributed by atoms with van der Waals surface area (Å²) in [5.41, 5.74) is 0.996. The highest BCUT2D eigenvalue weighted by atomic mass is 16.1. The molecule has 6 atom stereocenters. The van der Waals surface area contributed by atoms with Crippen LogP contribution in [0.4, 0.5) is 0 Å². The molecule has 3 nitrogen and oxygen atoms in total. The molecule has 4 aliphatic carbocycles. The molecule has 24 heavy (non-hydrogen) atoms. The van der Waals surface area contributed by atoms with Crippen molar-refractivity contribution in [2.75, 3.05) is 0 Å². The minimum absolute atomic E-state index is 0.0227. The zero-order chi connectivity index (χ0) is 17.3. The van der Waals surface area contributed by atoms with Crippen LogP contribution in [0.5, 0.6) is 0 Å². The van der Waals surface area contributed by atoms with E-state index in [4.69, 9.17) is 0 Å². The summed E-state index contributed by atoms with van der Waals surface area (Å²) in [6.45, 7) is 6.07. The molecule has 0 N–H and O–H groups in total. The summed E-state index contributed by atoms with van der Waals surface area (Å²) in [6.07, 6.45) is 9.91. The number of carbonyl (C=O) groups excluding carboxylic acids is 3. The van der Waals surface area contributed by atoms with Crippen molar-refractivity contribution in [1.29, 1.82) is 0 Å². The zero-order valence-electron chi connectivity index (χ0n) is 14.8. The summed E-state index contributed by atoms with van der Waals surface area (Å²) < 4.78 is 0. The average molecular weight is 326 g/mol. The molecule has 6 unspecified atom stereocenters. The Morgan fingerprint density at radius 3 is 2.67 bits per heavy atom. The summed E-state index contributed by atoms with van der Waals surface area (Å²) in [5.74, 6) is 1.26. The SMILES string of the molecule is CC(=O)C1CC(=O)C2C3CCC4=CC(=O)C=CC4(C)C3CCC12C. The minimum Gasteiger partial charge on any atom is -0.300 e. The number of rotatable bonds is 1. The van der Waals surface area contributed by atoms with Gasteiger partial charge in [-0.25, -0.2) is 0 Å². The van der Waals surface area contributed by atoms with Gasteiger partial charge in [0.2, 0.25) is 0 Å². The lowest BCUT2D eigenvalue weighted by molar-refractivity contribution is -0.131. The predicted octanol–water partition coefficient (Wildman–Crippen LogP) is 3.68. The Hall–Kier alpha value is -1.51. The van der Waals surface area contributed by atoms with Gasteiger partial charge in [0.25, 0.3) is 0 Å². The molecule has 0 aromatic heterocycles.